The Morgan fingerprint density at radius 1 is 1.62 bits per heavy atom. The van der Waals surface area contributed by atoms with Crippen molar-refractivity contribution in [1.29, 1.82) is 0 Å². The quantitative estimate of drug-likeness (QED) is 0.481. The van der Waals surface area contributed by atoms with Crippen molar-refractivity contribution in [3.05, 3.63) is 18.6 Å². The van der Waals surface area contributed by atoms with Gasteiger partial charge in [0.2, 0.25) is 0 Å². The van der Waals surface area contributed by atoms with Crippen LogP contribution in [0.2, 0.25) is 0 Å². The van der Waals surface area contributed by atoms with Crippen LogP contribution in [-0.4, -0.2) is 0 Å². The van der Waals surface area contributed by atoms with E-state index >= 15 is 0 Å². The Morgan fingerprint density at radius 2 is 2.12 bits per heavy atom. The molecule has 47 valence electrons. The zero-order valence-electron chi connectivity index (χ0n) is 6.07. The third kappa shape index (κ3) is 3.91. The van der Waals surface area contributed by atoms with E-state index in [-0.39, 0.29) is 0 Å². The zero-order valence-corrected chi connectivity index (χ0v) is 6.07. The molecule has 0 bridgehead atoms. The van der Waals surface area contributed by atoms with Crippen molar-refractivity contribution in [3.63, 3.8) is 0 Å². The summed E-state index contributed by atoms with van der Waals surface area (Å²) in [5, 5.41) is 0. The fourth-order valence-corrected chi connectivity index (χ4v) is 0.652. The van der Waals surface area contributed by atoms with Crippen LogP contribution in [0.3, 0.4) is 0 Å². The highest BCUT2D eigenvalue weighted by atomic mass is 14.0. The number of allylic oxidation sites excluding steroid dienone is 2. The van der Waals surface area contributed by atoms with Gasteiger partial charge >= 0.3 is 0 Å². The highest BCUT2D eigenvalue weighted by molar-refractivity contribution is 4.96. The van der Waals surface area contributed by atoms with Crippen molar-refractivity contribution in [2.75, 3.05) is 0 Å². The summed E-state index contributed by atoms with van der Waals surface area (Å²) in [5.41, 5.74) is 1.39. The molecule has 0 heteroatoms. The van der Waals surface area contributed by atoms with Gasteiger partial charge in [0.05, 0.1) is 0 Å². The fraction of sp³-hybridized carbons (Fsp3) is 0.625. The molecule has 0 aliphatic rings. The second-order valence-electron chi connectivity index (χ2n) is 2.51. The first kappa shape index (κ1) is 7.74. The maximum absolute atomic E-state index is 3.79. The van der Waals surface area contributed by atoms with Gasteiger partial charge in [-0.05, 0) is 26.2 Å². The second kappa shape index (κ2) is 3.71. The molecule has 0 fully saturated rings. The maximum Gasteiger partial charge on any atom is -0.0259 e. The molecule has 0 amide bonds. The largest absolute Gasteiger partial charge is 0.0830 e. The molecule has 0 heterocycles. The lowest BCUT2D eigenvalue weighted by molar-refractivity contribution is 0.735. The average molecular weight is 111 g/mol. The molecule has 0 aromatic heterocycles. The van der Waals surface area contributed by atoms with Gasteiger partial charge < -0.3 is 0 Å². The highest BCUT2D eigenvalue weighted by Crippen LogP contribution is 2.04. The Labute approximate surface area is 52.6 Å². The first-order valence-corrected chi connectivity index (χ1v) is 3.11. The monoisotopic (exact) mass is 111 g/mol. The Morgan fingerprint density at radius 3 is 2.25 bits per heavy atom. The molecular weight excluding hydrogens is 96.1 g/mol. The Kier molecular flexibility index (Phi) is 3.59. The minimum atomic E-state index is 0.653. The van der Waals surface area contributed by atoms with Gasteiger partial charge in [-0.25, -0.2) is 0 Å². The van der Waals surface area contributed by atoms with Crippen LogP contribution in [0.4, 0.5) is 0 Å². The molecule has 0 aromatic rings. The molecule has 0 aromatic carbocycles. The van der Waals surface area contributed by atoms with Crippen LogP contribution >= 0.6 is 0 Å². The summed E-state index contributed by atoms with van der Waals surface area (Å²) in [7, 11) is 0. The van der Waals surface area contributed by atoms with E-state index in [0.717, 1.165) is 6.42 Å². The molecule has 0 aliphatic carbocycles. The Balaban J connectivity index is 3.51. The molecule has 0 saturated carbocycles. The smallest absolute Gasteiger partial charge is 0.0259 e. The zero-order chi connectivity index (χ0) is 6.57. The third-order valence-corrected chi connectivity index (χ3v) is 1.07. The summed E-state index contributed by atoms with van der Waals surface area (Å²) in [5.74, 6) is 0.653. The van der Waals surface area contributed by atoms with Crippen LogP contribution in [0.15, 0.2) is 11.6 Å². The molecule has 1 atom stereocenters. The van der Waals surface area contributed by atoms with Crippen LogP contribution < -0.4 is 0 Å². The third-order valence-electron chi connectivity index (χ3n) is 1.07. The van der Waals surface area contributed by atoms with Gasteiger partial charge in [0.1, 0.15) is 0 Å². The molecule has 0 aliphatic heterocycles. The van der Waals surface area contributed by atoms with E-state index in [1.807, 2.05) is 0 Å². The molecule has 1 radical (unpaired) electrons. The van der Waals surface area contributed by atoms with Crippen molar-refractivity contribution >= 4 is 0 Å². The molecule has 0 N–H and O–H groups in total. The van der Waals surface area contributed by atoms with Crippen molar-refractivity contribution in [1.82, 2.24) is 0 Å². The Hall–Kier alpha value is -0.260. The Bertz CT molecular complexity index is 76.0. The molecule has 8 heavy (non-hydrogen) atoms. The summed E-state index contributed by atoms with van der Waals surface area (Å²) < 4.78 is 0. The van der Waals surface area contributed by atoms with E-state index in [1.165, 1.54) is 5.57 Å². The highest BCUT2D eigenvalue weighted by Gasteiger charge is 1.89. The van der Waals surface area contributed by atoms with Crippen LogP contribution in [0.25, 0.3) is 0 Å². The second-order valence-corrected chi connectivity index (χ2v) is 2.51. The SMILES string of the molecule is [CH2]CC(C)C=C(C)C. The van der Waals surface area contributed by atoms with Crippen molar-refractivity contribution < 1.29 is 0 Å². The molecule has 1 unspecified atom stereocenters. The van der Waals surface area contributed by atoms with Crippen LogP contribution in [-0.2, 0) is 0 Å². The van der Waals surface area contributed by atoms with Gasteiger partial charge in [-0.1, -0.05) is 25.5 Å². The van der Waals surface area contributed by atoms with Crippen molar-refractivity contribution in [2.45, 2.75) is 27.2 Å². The van der Waals surface area contributed by atoms with Gasteiger partial charge in [-0.15, -0.1) is 0 Å². The maximum atomic E-state index is 3.79. The van der Waals surface area contributed by atoms with Crippen LogP contribution in [0, 0.1) is 12.8 Å². The summed E-state index contributed by atoms with van der Waals surface area (Å²) >= 11 is 0. The number of hydrogen-bond acceptors (Lipinski definition) is 0. The first-order chi connectivity index (χ1) is 3.66. The normalized spacial score (nSPS) is 13.0. The molecule has 0 saturated heterocycles. The van der Waals surface area contributed by atoms with Gasteiger partial charge in [0.15, 0.2) is 0 Å². The number of hydrogen-bond donors (Lipinski definition) is 0. The van der Waals surface area contributed by atoms with Gasteiger partial charge in [0.25, 0.3) is 0 Å². The van der Waals surface area contributed by atoms with E-state index < -0.39 is 0 Å². The average Bonchev–Trinajstić information content (AvgIpc) is 1.65. The molecule has 0 rings (SSSR count). The fourth-order valence-electron chi connectivity index (χ4n) is 0.652. The topological polar surface area (TPSA) is 0 Å². The van der Waals surface area contributed by atoms with E-state index in [2.05, 4.69) is 33.8 Å². The minimum Gasteiger partial charge on any atom is -0.0830 e. The van der Waals surface area contributed by atoms with E-state index in [4.69, 9.17) is 0 Å². The first-order valence-electron chi connectivity index (χ1n) is 3.11. The van der Waals surface area contributed by atoms with Crippen LogP contribution in [0.1, 0.15) is 27.2 Å². The van der Waals surface area contributed by atoms with Crippen molar-refractivity contribution in [2.24, 2.45) is 5.92 Å². The summed E-state index contributed by atoms with van der Waals surface area (Å²) in [6, 6.07) is 0. The van der Waals surface area contributed by atoms with Gasteiger partial charge in [-0.2, -0.15) is 0 Å². The molecular formula is C8H15. The van der Waals surface area contributed by atoms with E-state index in [0.29, 0.717) is 5.92 Å². The molecule has 0 nitrogen and oxygen atoms in total. The summed E-state index contributed by atoms with van der Waals surface area (Å²) in [6.45, 7) is 10.2. The summed E-state index contributed by atoms with van der Waals surface area (Å²) in [4.78, 5) is 0. The lowest BCUT2D eigenvalue weighted by Gasteiger charge is -1.99. The number of rotatable bonds is 2. The van der Waals surface area contributed by atoms with E-state index in [1.54, 1.807) is 0 Å². The summed E-state index contributed by atoms with van der Waals surface area (Å²) in [6.07, 6.45) is 3.25. The standard InChI is InChI=1S/C8H15/c1-5-8(4)6-7(2)3/h6,8H,1,5H2,2-4H3. The predicted molar refractivity (Wildman–Crippen MR) is 38.6 cm³/mol. The lowest BCUT2D eigenvalue weighted by Crippen LogP contribution is -1.85. The predicted octanol–water partition coefficient (Wildman–Crippen LogP) is 2.81. The van der Waals surface area contributed by atoms with Gasteiger partial charge in [0, 0.05) is 0 Å². The van der Waals surface area contributed by atoms with Gasteiger partial charge in [-0.3, -0.25) is 0 Å². The van der Waals surface area contributed by atoms with Crippen molar-refractivity contribution in [3.8, 4) is 0 Å². The van der Waals surface area contributed by atoms with E-state index in [9.17, 15) is 0 Å². The lowest BCUT2D eigenvalue weighted by atomic mass is 10.1. The van der Waals surface area contributed by atoms with Crippen LogP contribution in [0.5, 0.6) is 0 Å². The minimum absolute atomic E-state index is 0.653. The molecule has 0 spiro atoms.